The zero-order chi connectivity index (χ0) is 16.8. The highest BCUT2D eigenvalue weighted by molar-refractivity contribution is 6.05. The van der Waals surface area contributed by atoms with Crippen LogP contribution in [-0.4, -0.2) is 34.8 Å². The average Bonchev–Trinajstić information content (AvgIpc) is 2.58. The van der Waals surface area contributed by atoms with Crippen LogP contribution in [0.15, 0.2) is 42.7 Å². The molecular formula is C17H18FN3O2. The monoisotopic (exact) mass is 315 g/mol. The van der Waals surface area contributed by atoms with Gasteiger partial charge in [-0.3, -0.25) is 14.6 Å². The molecular weight excluding hydrogens is 297 g/mol. The van der Waals surface area contributed by atoms with Crippen LogP contribution in [0, 0.1) is 5.82 Å². The molecule has 5 nitrogen and oxygen atoms in total. The maximum atomic E-state index is 12.9. The van der Waals surface area contributed by atoms with Crippen molar-refractivity contribution in [1.29, 1.82) is 0 Å². The van der Waals surface area contributed by atoms with E-state index < -0.39 is 5.91 Å². The first kappa shape index (κ1) is 16.6. The number of benzene rings is 1. The maximum absolute atomic E-state index is 12.9. The third kappa shape index (κ3) is 4.12. The highest BCUT2D eigenvalue weighted by Crippen LogP contribution is 2.12. The van der Waals surface area contributed by atoms with E-state index in [-0.39, 0.29) is 17.3 Å². The molecule has 1 aromatic carbocycles. The fraction of sp³-hybridized carbons (Fsp3) is 0.235. The topological polar surface area (TPSA) is 62.3 Å². The number of nitrogens with zero attached hydrogens (tertiary/aromatic N) is 2. The van der Waals surface area contributed by atoms with Crippen LogP contribution < -0.4 is 5.32 Å². The Hall–Kier alpha value is -2.76. The predicted molar refractivity (Wildman–Crippen MR) is 85.8 cm³/mol. The Bertz CT molecular complexity index is 697. The van der Waals surface area contributed by atoms with E-state index in [0.717, 1.165) is 0 Å². The van der Waals surface area contributed by atoms with Crippen molar-refractivity contribution >= 4 is 17.5 Å². The van der Waals surface area contributed by atoms with Gasteiger partial charge in [-0.15, -0.1) is 0 Å². The molecule has 0 atom stereocenters. The number of aromatic nitrogens is 1. The maximum Gasteiger partial charge on any atom is 0.257 e. The minimum atomic E-state index is -0.404. The van der Waals surface area contributed by atoms with Crippen molar-refractivity contribution < 1.29 is 14.0 Å². The molecule has 0 aliphatic carbocycles. The lowest BCUT2D eigenvalue weighted by molar-refractivity contribution is 0.0772. The Morgan fingerprint density at radius 1 is 1.09 bits per heavy atom. The van der Waals surface area contributed by atoms with Gasteiger partial charge < -0.3 is 10.2 Å². The van der Waals surface area contributed by atoms with Crippen LogP contribution in [0.25, 0.3) is 0 Å². The van der Waals surface area contributed by atoms with Crippen molar-refractivity contribution in [3.05, 3.63) is 59.7 Å². The number of hydrogen-bond donors (Lipinski definition) is 1. The Balaban J connectivity index is 2.17. The molecule has 0 aliphatic rings. The van der Waals surface area contributed by atoms with E-state index in [2.05, 4.69) is 10.3 Å². The van der Waals surface area contributed by atoms with Gasteiger partial charge in [-0.1, -0.05) is 0 Å². The molecule has 0 bridgehead atoms. The summed E-state index contributed by atoms with van der Waals surface area (Å²) in [7, 11) is 0. The van der Waals surface area contributed by atoms with E-state index in [1.807, 2.05) is 13.8 Å². The first-order valence-electron chi connectivity index (χ1n) is 7.36. The standard InChI is InChI=1S/C17H18FN3O2/c1-3-21(4-2)17(23)13-9-12(10-19-11-13)16(22)20-15-7-5-14(18)6-8-15/h5-11H,3-4H2,1-2H3,(H,20,22). The highest BCUT2D eigenvalue weighted by Gasteiger charge is 2.15. The van der Waals surface area contributed by atoms with Crippen LogP contribution in [0.4, 0.5) is 10.1 Å². The lowest BCUT2D eigenvalue weighted by atomic mass is 10.1. The molecule has 0 spiro atoms. The van der Waals surface area contributed by atoms with E-state index in [9.17, 15) is 14.0 Å². The molecule has 0 unspecified atom stereocenters. The third-order valence-electron chi connectivity index (χ3n) is 3.40. The summed E-state index contributed by atoms with van der Waals surface area (Å²) >= 11 is 0. The highest BCUT2D eigenvalue weighted by atomic mass is 19.1. The largest absolute Gasteiger partial charge is 0.339 e. The molecule has 120 valence electrons. The van der Waals surface area contributed by atoms with Crippen LogP contribution in [0.3, 0.4) is 0 Å². The lowest BCUT2D eigenvalue weighted by Gasteiger charge is -2.18. The van der Waals surface area contributed by atoms with Gasteiger partial charge in [-0.25, -0.2) is 4.39 Å². The van der Waals surface area contributed by atoms with Crippen molar-refractivity contribution in [3.8, 4) is 0 Å². The first-order chi connectivity index (χ1) is 11.0. The number of rotatable bonds is 5. The van der Waals surface area contributed by atoms with Crippen molar-refractivity contribution in [2.24, 2.45) is 0 Å². The van der Waals surface area contributed by atoms with E-state index >= 15 is 0 Å². The molecule has 0 saturated heterocycles. The molecule has 6 heteroatoms. The van der Waals surface area contributed by atoms with Crippen LogP contribution in [0.5, 0.6) is 0 Å². The molecule has 1 aromatic heterocycles. The quantitative estimate of drug-likeness (QED) is 0.922. The normalized spacial score (nSPS) is 10.2. The SMILES string of the molecule is CCN(CC)C(=O)c1cncc(C(=O)Nc2ccc(F)cc2)c1. The predicted octanol–water partition coefficient (Wildman–Crippen LogP) is 2.96. The summed E-state index contributed by atoms with van der Waals surface area (Å²) in [5.74, 6) is -0.950. The Morgan fingerprint density at radius 3 is 2.30 bits per heavy atom. The van der Waals surface area contributed by atoms with Gasteiger partial charge in [0.1, 0.15) is 5.82 Å². The Kier molecular flexibility index (Phi) is 5.41. The van der Waals surface area contributed by atoms with Crippen LogP contribution in [0.2, 0.25) is 0 Å². The summed E-state index contributed by atoms with van der Waals surface area (Å²) in [6.07, 6.45) is 2.83. The van der Waals surface area contributed by atoms with Gasteiger partial charge in [0.25, 0.3) is 11.8 Å². The van der Waals surface area contributed by atoms with Crippen molar-refractivity contribution in [2.45, 2.75) is 13.8 Å². The van der Waals surface area contributed by atoms with Crippen LogP contribution in [0.1, 0.15) is 34.6 Å². The zero-order valence-corrected chi connectivity index (χ0v) is 13.0. The van der Waals surface area contributed by atoms with Gasteiger partial charge >= 0.3 is 0 Å². The molecule has 1 heterocycles. The summed E-state index contributed by atoms with van der Waals surface area (Å²) in [5.41, 5.74) is 1.10. The van der Waals surface area contributed by atoms with Crippen LogP contribution >= 0.6 is 0 Å². The molecule has 0 radical (unpaired) electrons. The second-order valence-electron chi connectivity index (χ2n) is 4.90. The number of halogens is 1. The van der Waals surface area contributed by atoms with Gasteiger partial charge in [-0.05, 0) is 44.2 Å². The summed E-state index contributed by atoms with van der Waals surface area (Å²) in [6, 6.07) is 6.95. The Morgan fingerprint density at radius 2 is 1.70 bits per heavy atom. The van der Waals surface area contributed by atoms with Crippen LogP contribution in [-0.2, 0) is 0 Å². The van der Waals surface area contributed by atoms with Gasteiger partial charge in [0.05, 0.1) is 11.1 Å². The second-order valence-corrected chi connectivity index (χ2v) is 4.90. The third-order valence-corrected chi connectivity index (χ3v) is 3.40. The van der Waals surface area contributed by atoms with Crippen molar-refractivity contribution in [1.82, 2.24) is 9.88 Å². The summed E-state index contributed by atoms with van der Waals surface area (Å²) in [6.45, 7) is 4.95. The molecule has 2 aromatic rings. The molecule has 2 rings (SSSR count). The van der Waals surface area contributed by atoms with E-state index in [0.29, 0.717) is 24.3 Å². The molecule has 0 aliphatic heterocycles. The van der Waals surface area contributed by atoms with Gasteiger partial charge in [0.15, 0.2) is 0 Å². The fourth-order valence-corrected chi connectivity index (χ4v) is 2.11. The second kappa shape index (κ2) is 7.49. The molecule has 0 fully saturated rings. The number of amides is 2. The number of pyridine rings is 1. The summed E-state index contributed by atoms with van der Waals surface area (Å²) in [5, 5.41) is 2.64. The van der Waals surface area contributed by atoms with E-state index in [4.69, 9.17) is 0 Å². The zero-order valence-electron chi connectivity index (χ0n) is 13.0. The molecule has 0 saturated carbocycles. The molecule has 23 heavy (non-hydrogen) atoms. The first-order valence-corrected chi connectivity index (χ1v) is 7.36. The minimum Gasteiger partial charge on any atom is -0.339 e. The van der Waals surface area contributed by atoms with E-state index in [1.165, 1.54) is 42.7 Å². The smallest absolute Gasteiger partial charge is 0.257 e. The van der Waals surface area contributed by atoms with Gasteiger partial charge in [-0.2, -0.15) is 0 Å². The number of carbonyl (C=O) groups excluding carboxylic acids is 2. The average molecular weight is 315 g/mol. The van der Waals surface area contributed by atoms with Gasteiger partial charge in [0, 0.05) is 31.2 Å². The number of nitrogens with one attached hydrogen (secondary N) is 1. The lowest BCUT2D eigenvalue weighted by Crippen LogP contribution is -2.30. The number of anilines is 1. The van der Waals surface area contributed by atoms with Crippen molar-refractivity contribution in [2.75, 3.05) is 18.4 Å². The fourth-order valence-electron chi connectivity index (χ4n) is 2.11. The molecule has 2 amide bonds. The van der Waals surface area contributed by atoms with Crippen molar-refractivity contribution in [3.63, 3.8) is 0 Å². The minimum absolute atomic E-state index is 0.168. The summed E-state index contributed by atoms with van der Waals surface area (Å²) in [4.78, 5) is 30.1. The Labute approximate surface area is 134 Å². The number of hydrogen-bond acceptors (Lipinski definition) is 3. The molecule has 1 N–H and O–H groups in total. The van der Waals surface area contributed by atoms with E-state index in [1.54, 1.807) is 4.90 Å². The van der Waals surface area contributed by atoms with Gasteiger partial charge in [0.2, 0.25) is 0 Å². The number of carbonyl (C=O) groups is 2. The summed E-state index contributed by atoms with van der Waals surface area (Å²) < 4.78 is 12.9.